The van der Waals surface area contributed by atoms with E-state index in [4.69, 9.17) is 4.42 Å². The van der Waals surface area contributed by atoms with Crippen molar-refractivity contribution >= 4 is 29.7 Å². The molecule has 8 heteroatoms. The van der Waals surface area contributed by atoms with Gasteiger partial charge in [-0.2, -0.15) is 0 Å². The van der Waals surface area contributed by atoms with E-state index in [9.17, 15) is 9.59 Å². The molecule has 0 aliphatic heterocycles. The second kappa shape index (κ2) is 7.88. The summed E-state index contributed by atoms with van der Waals surface area (Å²) in [6, 6.07) is 0.0971. The maximum atomic E-state index is 11.7. The number of ether oxygens (including phenoxy) is 1. The molecule has 1 aromatic heterocycles. The van der Waals surface area contributed by atoms with Crippen LogP contribution < -0.4 is 5.32 Å². The number of esters is 1. The number of aromatic nitrogens is 2. The Labute approximate surface area is 121 Å². The second-order valence-electron chi connectivity index (χ2n) is 4.55. The van der Waals surface area contributed by atoms with Crippen LogP contribution in [0.5, 0.6) is 0 Å². The summed E-state index contributed by atoms with van der Waals surface area (Å²) in [7, 11) is 1.34. The summed E-state index contributed by atoms with van der Waals surface area (Å²) in [6.07, 6.45) is 0.270. The van der Waals surface area contributed by atoms with Crippen molar-refractivity contribution in [1.82, 2.24) is 10.2 Å². The minimum Gasteiger partial charge on any atom is -0.469 e. The second-order valence-corrected chi connectivity index (χ2v) is 5.98. The van der Waals surface area contributed by atoms with E-state index in [1.807, 2.05) is 20.8 Å². The number of nitrogens with one attached hydrogen (secondary N) is 1. The van der Waals surface area contributed by atoms with Crippen LogP contribution in [0.2, 0.25) is 0 Å². The van der Waals surface area contributed by atoms with Crippen molar-refractivity contribution in [2.24, 2.45) is 0 Å². The molecule has 1 heterocycles. The fourth-order valence-electron chi connectivity index (χ4n) is 1.27. The van der Waals surface area contributed by atoms with Gasteiger partial charge in [-0.3, -0.25) is 14.9 Å². The maximum Gasteiger partial charge on any atom is 0.322 e. The molecule has 20 heavy (non-hydrogen) atoms. The molecule has 0 aliphatic carbocycles. The molecule has 0 aliphatic rings. The van der Waals surface area contributed by atoms with Gasteiger partial charge < -0.3 is 9.15 Å². The van der Waals surface area contributed by atoms with Crippen molar-refractivity contribution in [3.05, 3.63) is 5.89 Å². The molecule has 0 saturated carbocycles. The summed E-state index contributed by atoms with van der Waals surface area (Å²) in [6.45, 7) is 5.70. The normalized spacial score (nSPS) is 12.2. The average molecular weight is 301 g/mol. The quantitative estimate of drug-likeness (QED) is 0.767. The van der Waals surface area contributed by atoms with E-state index >= 15 is 0 Å². The highest BCUT2D eigenvalue weighted by molar-refractivity contribution is 8.00. The van der Waals surface area contributed by atoms with E-state index in [0.717, 1.165) is 0 Å². The third-order valence-corrected chi connectivity index (χ3v) is 3.53. The number of methoxy groups -OCH3 is 1. The zero-order valence-electron chi connectivity index (χ0n) is 12.0. The van der Waals surface area contributed by atoms with Gasteiger partial charge in [0.25, 0.3) is 0 Å². The molecule has 1 unspecified atom stereocenters. The van der Waals surface area contributed by atoms with Gasteiger partial charge >= 0.3 is 12.0 Å². The van der Waals surface area contributed by atoms with E-state index < -0.39 is 0 Å². The Bertz CT molecular complexity index is 461. The van der Waals surface area contributed by atoms with Crippen LogP contribution >= 0.6 is 11.8 Å². The number of nitrogens with zero attached hydrogens (tertiary/aromatic N) is 2. The third kappa shape index (κ3) is 5.60. The van der Waals surface area contributed by atoms with Crippen LogP contribution in [-0.2, 0) is 14.3 Å². The zero-order valence-corrected chi connectivity index (χ0v) is 12.8. The van der Waals surface area contributed by atoms with E-state index in [1.54, 1.807) is 0 Å². The van der Waals surface area contributed by atoms with Crippen LogP contribution in [-0.4, -0.2) is 40.2 Å². The van der Waals surface area contributed by atoms with Gasteiger partial charge in [0.2, 0.25) is 11.8 Å². The standard InChI is InChI=1S/C12H19N3O4S/c1-7(2)11-14-15-12(19-11)13-9(16)6-20-8(3)5-10(17)18-4/h7-8H,5-6H2,1-4H3,(H,13,15,16). The Morgan fingerprint density at radius 1 is 1.35 bits per heavy atom. The Morgan fingerprint density at radius 3 is 2.60 bits per heavy atom. The van der Waals surface area contributed by atoms with Crippen LogP contribution in [0.1, 0.15) is 39.0 Å². The summed E-state index contributed by atoms with van der Waals surface area (Å²) in [4.78, 5) is 22.7. The van der Waals surface area contributed by atoms with Crippen molar-refractivity contribution in [3.8, 4) is 0 Å². The van der Waals surface area contributed by atoms with Crippen molar-refractivity contribution in [3.63, 3.8) is 0 Å². The number of thioether (sulfide) groups is 1. The van der Waals surface area contributed by atoms with Crippen molar-refractivity contribution in [1.29, 1.82) is 0 Å². The van der Waals surface area contributed by atoms with Crippen LogP contribution in [0.4, 0.5) is 6.01 Å². The highest BCUT2D eigenvalue weighted by atomic mass is 32.2. The number of rotatable bonds is 7. The molecule has 1 amide bonds. The highest BCUT2D eigenvalue weighted by Gasteiger charge is 2.14. The number of amides is 1. The molecule has 0 bridgehead atoms. The number of hydrogen-bond donors (Lipinski definition) is 1. The molecule has 0 saturated heterocycles. The summed E-state index contributed by atoms with van der Waals surface area (Å²) < 4.78 is 9.83. The molecular formula is C12H19N3O4S. The molecular weight excluding hydrogens is 282 g/mol. The Balaban J connectivity index is 2.34. The minimum atomic E-state index is -0.288. The predicted octanol–water partition coefficient (Wildman–Crippen LogP) is 1.82. The smallest absolute Gasteiger partial charge is 0.322 e. The predicted molar refractivity (Wildman–Crippen MR) is 75.6 cm³/mol. The van der Waals surface area contributed by atoms with E-state index in [-0.39, 0.29) is 41.2 Å². The third-order valence-electron chi connectivity index (χ3n) is 2.36. The molecule has 1 aromatic rings. The molecule has 1 atom stereocenters. The fourth-order valence-corrected chi connectivity index (χ4v) is 2.03. The maximum absolute atomic E-state index is 11.7. The minimum absolute atomic E-state index is 0.00195. The van der Waals surface area contributed by atoms with Gasteiger partial charge in [-0.1, -0.05) is 25.9 Å². The Kier molecular flexibility index (Phi) is 6.50. The van der Waals surface area contributed by atoms with Crippen LogP contribution in [0.3, 0.4) is 0 Å². The lowest BCUT2D eigenvalue weighted by Gasteiger charge is -2.08. The molecule has 7 nitrogen and oxygen atoms in total. The average Bonchev–Trinajstić information content (AvgIpc) is 2.85. The number of carbonyl (C=O) groups excluding carboxylic acids is 2. The molecule has 1 N–H and O–H groups in total. The zero-order chi connectivity index (χ0) is 15.1. The van der Waals surface area contributed by atoms with Gasteiger partial charge in [0, 0.05) is 11.2 Å². The largest absolute Gasteiger partial charge is 0.469 e. The SMILES string of the molecule is COC(=O)CC(C)SCC(=O)Nc1nnc(C(C)C)o1. The Morgan fingerprint density at radius 2 is 2.05 bits per heavy atom. The first-order valence-electron chi connectivity index (χ1n) is 6.24. The lowest BCUT2D eigenvalue weighted by atomic mass is 10.2. The first kappa shape index (κ1) is 16.5. The highest BCUT2D eigenvalue weighted by Crippen LogP contribution is 2.17. The topological polar surface area (TPSA) is 94.3 Å². The summed E-state index contributed by atoms with van der Waals surface area (Å²) in [5.41, 5.74) is 0. The van der Waals surface area contributed by atoms with E-state index in [1.165, 1.54) is 18.9 Å². The number of hydrogen-bond acceptors (Lipinski definition) is 7. The lowest BCUT2D eigenvalue weighted by molar-refractivity contribution is -0.140. The van der Waals surface area contributed by atoms with E-state index in [0.29, 0.717) is 5.89 Å². The number of anilines is 1. The van der Waals surface area contributed by atoms with Crippen LogP contribution in [0, 0.1) is 0 Å². The van der Waals surface area contributed by atoms with Gasteiger partial charge in [-0.05, 0) is 0 Å². The molecule has 112 valence electrons. The monoisotopic (exact) mass is 301 g/mol. The first-order chi connectivity index (χ1) is 9.42. The van der Waals surface area contributed by atoms with Crippen molar-refractivity contribution in [2.75, 3.05) is 18.2 Å². The van der Waals surface area contributed by atoms with Gasteiger partial charge in [-0.15, -0.1) is 16.9 Å². The summed E-state index contributed by atoms with van der Waals surface area (Å²) in [5, 5.41) is 10.1. The van der Waals surface area contributed by atoms with Gasteiger partial charge in [0.1, 0.15) is 0 Å². The molecule has 0 fully saturated rings. The van der Waals surface area contributed by atoms with Gasteiger partial charge in [-0.25, -0.2) is 0 Å². The van der Waals surface area contributed by atoms with E-state index in [2.05, 4.69) is 20.3 Å². The van der Waals surface area contributed by atoms with Crippen molar-refractivity contribution < 1.29 is 18.7 Å². The van der Waals surface area contributed by atoms with Gasteiger partial charge in [0.05, 0.1) is 19.3 Å². The summed E-state index contributed by atoms with van der Waals surface area (Å²) in [5.74, 6) is 0.265. The van der Waals surface area contributed by atoms with Crippen molar-refractivity contribution in [2.45, 2.75) is 38.4 Å². The molecule has 0 aromatic carbocycles. The lowest BCUT2D eigenvalue weighted by Crippen LogP contribution is -2.17. The molecule has 0 radical (unpaired) electrons. The molecule has 1 rings (SSSR count). The fraction of sp³-hybridized carbons (Fsp3) is 0.667. The van der Waals surface area contributed by atoms with Crippen LogP contribution in [0.25, 0.3) is 0 Å². The number of carbonyl (C=O) groups is 2. The first-order valence-corrected chi connectivity index (χ1v) is 7.29. The molecule has 0 spiro atoms. The van der Waals surface area contributed by atoms with Gasteiger partial charge in [0.15, 0.2) is 0 Å². The summed E-state index contributed by atoms with van der Waals surface area (Å²) >= 11 is 1.36. The Hall–Kier alpha value is -1.57. The van der Waals surface area contributed by atoms with Crippen LogP contribution in [0.15, 0.2) is 4.42 Å².